The van der Waals surface area contributed by atoms with Gasteiger partial charge in [0.2, 0.25) is 10.0 Å². The maximum atomic E-state index is 11.9. The van der Waals surface area contributed by atoms with E-state index in [-0.39, 0.29) is 0 Å². The minimum atomic E-state index is -3.33. The zero-order valence-electron chi connectivity index (χ0n) is 10.1. The lowest BCUT2D eigenvalue weighted by molar-refractivity contribution is 0.584. The molecule has 0 spiro atoms. The van der Waals surface area contributed by atoms with Crippen molar-refractivity contribution >= 4 is 31.6 Å². The van der Waals surface area contributed by atoms with Crippen molar-refractivity contribution in [2.45, 2.75) is 19.1 Å². The highest BCUT2D eigenvalue weighted by molar-refractivity contribution is 9.10. The maximum Gasteiger partial charge on any atom is 0.236 e. The van der Waals surface area contributed by atoms with E-state index in [4.69, 9.17) is 0 Å². The summed E-state index contributed by atoms with van der Waals surface area (Å²) in [7, 11) is -1.60. The summed E-state index contributed by atoms with van der Waals surface area (Å²) in [6, 6.07) is 5.37. The quantitative estimate of drug-likeness (QED) is 0.873. The first-order valence-electron chi connectivity index (χ1n) is 5.29. The van der Waals surface area contributed by atoms with Crippen molar-refractivity contribution < 1.29 is 8.42 Å². The molecular weight excluding hydrogens is 304 g/mol. The third-order valence-electron chi connectivity index (χ3n) is 2.44. The maximum absolute atomic E-state index is 11.9. The van der Waals surface area contributed by atoms with Crippen molar-refractivity contribution in [3.05, 3.63) is 28.2 Å². The van der Waals surface area contributed by atoms with Gasteiger partial charge in [-0.25, -0.2) is 8.42 Å². The van der Waals surface area contributed by atoms with Gasteiger partial charge >= 0.3 is 0 Å². The summed E-state index contributed by atoms with van der Waals surface area (Å²) in [6.45, 7) is 4.01. The molecule has 1 aromatic rings. The topological polar surface area (TPSA) is 58.2 Å². The molecule has 2 N–H and O–H groups in total. The fourth-order valence-corrected chi connectivity index (χ4v) is 2.66. The van der Waals surface area contributed by atoms with E-state index >= 15 is 0 Å². The Morgan fingerprint density at radius 2 is 2.06 bits per heavy atom. The molecule has 0 amide bonds. The van der Waals surface area contributed by atoms with Crippen LogP contribution in [0.1, 0.15) is 12.5 Å². The molecular formula is C11H17BrN2O2S. The molecule has 6 heteroatoms. The number of anilines is 1. The van der Waals surface area contributed by atoms with E-state index in [9.17, 15) is 8.42 Å². The fraction of sp³-hybridized carbons (Fsp3) is 0.455. The van der Waals surface area contributed by atoms with Gasteiger partial charge < -0.3 is 5.32 Å². The molecule has 0 aromatic heterocycles. The van der Waals surface area contributed by atoms with Crippen molar-refractivity contribution in [2.24, 2.45) is 0 Å². The Labute approximate surface area is 111 Å². The monoisotopic (exact) mass is 320 g/mol. The fourth-order valence-electron chi connectivity index (χ4n) is 1.37. The Hall–Kier alpha value is -0.590. The highest BCUT2D eigenvalue weighted by Gasteiger charge is 2.19. The molecule has 0 radical (unpaired) electrons. The molecule has 0 heterocycles. The van der Waals surface area contributed by atoms with Gasteiger partial charge in [0.25, 0.3) is 0 Å². The molecule has 0 saturated carbocycles. The van der Waals surface area contributed by atoms with Crippen LogP contribution in [0.5, 0.6) is 0 Å². The first kappa shape index (κ1) is 14.5. The van der Waals surface area contributed by atoms with Gasteiger partial charge in [-0.2, -0.15) is 0 Å². The molecule has 96 valence electrons. The zero-order chi connectivity index (χ0) is 13.1. The predicted octanol–water partition coefficient (Wildman–Crippen LogP) is 2.11. The Morgan fingerprint density at radius 3 is 2.59 bits per heavy atom. The summed E-state index contributed by atoms with van der Waals surface area (Å²) in [5.41, 5.74) is 1.58. The van der Waals surface area contributed by atoms with E-state index < -0.39 is 15.3 Å². The van der Waals surface area contributed by atoms with Crippen molar-refractivity contribution in [2.75, 3.05) is 18.3 Å². The second-order valence-electron chi connectivity index (χ2n) is 3.98. The Balaban J connectivity index is 2.86. The molecule has 0 saturated heterocycles. The van der Waals surface area contributed by atoms with E-state index in [2.05, 4.69) is 26.0 Å². The lowest BCUT2D eigenvalue weighted by Crippen LogP contribution is -2.33. The summed E-state index contributed by atoms with van der Waals surface area (Å²) in [6.07, 6.45) is 0. The smallest absolute Gasteiger partial charge is 0.236 e. The number of sulfonamides is 1. The Morgan fingerprint density at radius 1 is 1.41 bits per heavy atom. The van der Waals surface area contributed by atoms with Gasteiger partial charge in [-0.3, -0.25) is 4.72 Å². The van der Waals surface area contributed by atoms with Gasteiger partial charge in [0.1, 0.15) is 0 Å². The van der Waals surface area contributed by atoms with E-state index in [0.29, 0.717) is 12.2 Å². The lowest BCUT2D eigenvalue weighted by Gasteiger charge is -2.14. The van der Waals surface area contributed by atoms with Crippen LogP contribution in [-0.4, -0.2) is 27.3 Å². The van der Waals surface area contributed by atoms with E-state index in [1.165, 1.54) is 0 Å². The first-order chi connectivity index (χ1) is 7.86. The van der Waals surface area contributed by atoms with Crippen LogP contribution in [0.2, 0.25) is 0 Å². The van der Waals surface area contributed by atoms with Crippen LogP contribution in [0.3, 0.4) is 0 Å². The number of rotatable bonds is 5. The third-order valence-corrected chi connectivity index (χ3v) is 5.08. The molecule has 0 aliphatic rings. The number of benzene rings is 1. The number of hydrogen-bond donors (Lipinski definition) is 2. The van der Waals surface area contributed by atoms with Gasteiger partial charge in [0.15, 0.2) is 0 Å². The highest BCUT2D eigenvalue weighted by atomic mass is 79.9. The summed E-state index contributed by atoms with van der Waals surface area (Å²) < 4.78 is 27.4. The normalized spacial score (nSPS) is 13.4. The average Bonchev–Trinajstić information content (AvgIpc) is 2.23. The second kappa shape index (κ2) is 5.84. The van der Waals surface area contributed by atoms with Gasteiger partial charge in [-0.05, 0) is 44.7 Å². The standard InChI is InChI=1S/C11H17BrN2O2S/c1-8-6-10(4-5-11(8)12)14-17(15,16)9(2)7-13-3/h4-6,9,13-14H,7H2,1-3H3. The van der Waals surface area contributed by atoms with E-state index in [1.807, 2.05) is 13.0 Å². The summed E-state index contributed by atoms with van der Waals surface area (Å²) in [5.74, 6) is 0. The van der Waals surface area contributed by atoms with Crippen molar-refractivity contribution in [1.29, 1.82) is 0 Å². The molecule has 1 atom stereocenters. The minimum Gasteiger partial charge on any atom is -0.318 e. The van der Waals surface area contributed by atoms with Crippen LogP contribution in [0.4, 0.5) is 5.69 Å². The molecule has 1 aromatic carbocycles. The molecule has 0 aliphatic carbocycles. The van der Waals surface area contributed by atoms with Crippen LogP contribution in [-0.2, 0) is 10.0 Å². The lowest BCUT2D eigenvalue weighted by atomic mass is 10.2. The van der Waals surface area contributed by atoms with Gasteiger partial charge in [0, 0.05) is 16.7 Å². The van der Waals surface area contributed by atoms with Crippen molar-refractivity contribution in [3.63, 3.8) is 0 Å². The molecule has 1 unspecified atom stereocenters. The Bertz CT molecular complexity index is 488. The van der Waals surface area contributed by atoms with Crippen LogP contribution in [0, 0.1) is 6.92 Å². The molecule has 1 rings (SSSR count). The minimum absolute atomic E-state index is 0.421. The first-order valence-corrected chi connectivity index (χ1v) is 7.63. The zero-order valence-corrected chi connectivity index (χ0v) is 12.5. The summed E-state index contributed by atoms with van der Waals surface area (Å²) in [5, 5.41) is 2.38. The van der Waals surface area contributed by atoms with Crippen LogP contribution >= 0.6 is 15.9 Å². The molecule has 4 nitrogen and oxygen atoms in total. The van der Waals surface area contributed by atoms with E-state index in [0.717, 1.165) is 10.0 Å². The van der Waals surface area contributed by atoms with Gasteiger partial charge in [-0.15, -0.1) is 0 Å². The number of aryl methyl sites for hydroxylation is 1. The van der Waals surface area contributed by atoms with Crippen LogP contribution in [0.15, 0.2) is 22.7 Å². The van der Waals surface area contributed by atoms with Crippen LogP contribution < -0.4 is 10.0 Å². The van der Waals surface area contributed by atoms with Gasteiger partial charge in [-0.1, -0.05) is 15.9 Å². The molecule has 0 bridgehead atoms. The number of halogens is 1. The van der Waals surface area contributed by atoms with E-state index in [1.54, 1.807) is 26.1 Å². The van der Waals surface area contributed by atoms with Crippen molar-refractivity contribution in [1.82, 2.24) is 5.32 Å². The predicted molar refractivity (Wildman–Crippen MR) is 74.8 cm³/mol. The SMILES string of the molecule is CNCC(C)S(=O)(=O)Nc1ccc(Br)c(C)c1. The second-order valence-corrected chi connectivity index (χ2v) is 6.93. The molecule has 0 fully saturated rings. The Kier molecular flexibility index (Phi) is 4.97. The largest absolute Gasteiger partial charge is 0.318 e. The van der Waals surface area contributed by atoms with Crippen molar-refractivity contribution in [3.8, 4) is 0 Å². The molecule has 17 heavy (non-hydrogen) atoms. The highest BCUT2D eigenvalue weighted by Crippen LogP contribution is 2.21. The number of hydrogen-bond acceptors (Lipinski definition) is 3. The average molecular weight is 321 g/mol. The summed E-state index contributed by atoms with van der Waals surface area (Å²) >= 11 is 3.38. The van der Waals surface area contributed by atoms with Crippen LogP contribution in [0.25, 0.3) is 0 Å². The number of nitrogens with one attached hydrogen (secondary N) is 2. The van der Waals surface area contributed by atoms with Gasteiger partial charge in [0.05, 0.1) is 5.25 Å². The molecule has 0 aliphatic heterocycles. The third kappa shape index (κ3) is 3.97. The summed E-state index contributed by atoms with van der Waals surface area (Å²) in [4.78, 5) is 0.